The molecule has 2 fully saturated rings. The number of hydrogen-bond donors (Lipinski definition) is 1. The molecule has 0 saturated heterocycles. The Balaban J connectivity index is 1.58. The third kappa shape index (κ3) is 4.80. The molecule has 5 rings (SSSR count). The maximum absolute atomic E-state index is 13.3. The summed E-state index contributed by atoms with van der Waals surface area (Å²) in [7, 11) is 1.43. The number of cyclic esters (lactones) is 1. The number of aliphatic hydroxyl groups excluding tert-OH is 1. The van der Waals surface area contributed by atoms with Crippen LogP contribution in [0.15, 0.2) is 16.6 Å². The normalized spacial score (nSPS) is 22.6. The van der Waals surface area contributed by atoms with Crippen molar-refractivity contribution in [2.75, 3.05) is 7.11 Å². The van der Waals surface area contributed by atoms with E-state index >= 15 is 0 Å². The van der Waals surface area contributed by atoms with Crippen LogP contribution in [-0.4, -0.2) is 24.2 Å². The topological polar surface area (TPSA) is 91.3 Å². The Kier molecular flexibility index (Phi) is 7.68. The lowest BCUT2D eigenvalue weighted by Gasteiger charge is -2.26. The van der Waals surface area contributed by atoms with E-state index in [1.54, 1.807) is 19.1 Å². The molecule has 1 heterocycles. The van der Waals surface area contributed by atoms with E-state index in [0.717, 1.165) is 19.3 Å². The van der Waals surface area contributed by atoms with Crippen molar-refractivity contribution >= 4 is 39.5 Å². The second-order valence-corrected chi connectivity index (χ2v) is 12.1. The molecule has 2 aromatic rings. The van der Waals surface area contributed by atoms with Crippen molar-refractivity contribution in [1.29, 1.82) is 0 Å². The summed E-state index contributed by atoms with van der Waals surface area (Å²) in [6, 6.07) is 3.27. The van der Waals surface area contributed by atoms with Crippen molar-refractivity contribution in [1.82, 2.24) is 0 Å². The number of rotatable bonds is 6. The summed E-state index contributed by atoms with van der Waals surface area (Å²) >= 11 is 10.2. The fourth-order valence-corrected chi connectivity index (χ4v) is 6.91. The van der Waals surface area contributed by atoms with Gasteiger partial charge in [-0.3, -0.25) is 4.79 Å². The molecule has 7 nitrogen and oxygen atoms in total. The van der Waals surface area contributed by atoms with Gasteiger partial charge >= 0.3 is 11.9 Å². The molecule has 9 heteroatoms. The maximum Gasteiger partial charge on any atom is 0.346 e. The van der Waals surface area contributed by atoms with Crippen LogP contribution in [0.25, 0.3) is 0 Å². The Morgan fingerprint density at radius 1 is 1.24 bits per heavy atom. The van der Waals surface area contributed by atoms with Crippen molar-refractivity contribution in [3.63, 3.8) is 0 Å². The van der Waals surface area contributed by atoms with Crippen molar-refractivity contribution in [2.24, 2.45) is 23.7 Å². The quantitative estimate of drug-likeness (QED) is 0.272. The molecule has 0 radical (unpaired) electrons. The van der Waals surface area contributed by atoms with E-state index in [-0.39, 0.29) is 53.0 Å². The van der Waals surface area contributed by atoms with Crippen LogP contribution in [-0.2, 0) is 16.1 Å². The molecule has 1 aliphatic heterocycles. The van der Waals surface area contributed by atoms with E-state index in [2.05, 4.69) is 15.9 Å². The zero-order valence-electron chi connectivity index (χ0n) is 21.9. The summed E-state index contributed by atoms with van der Waals surface area (Å²) < 4.78 is 24.1. The monoisotopic (exact) mass is 606 g/mol. The van der Waals surface area contributed by atoms with Crippen molar-refractivity contribution < 1.29 is 33.6 Å². The average Bonchev–Trinajstić information content (AvgIpc) is 3.51. The largest absolute Gasteiger partial charge is 0.495 e. The number of carbonyl (C=O) groups excluding carboxylic acids is 2. The summed E-state index contributed by atoms with van der Waals surface area (Å²) in [5, 5.41) is 11.2. The first-order valence-electron chi connectivity index (χ1n) is 13.1. The highest BCUT2D eigenvalue weighted by molar-refractivity contribution is 9.10. The van der Waals surface area contributed by atoms with Gasteiger partial charge < -0.3 is 24.1 Å². The molecule has 2 aromatic carbocycles. The lowest BCUT2D eigenvalue weighted by molar-refractivity contribution is -0.140. The molecule has 0 spiro atoms. The molecule has 2 saturated carbocycles. The molecule has 4 atom stereocenters. The number of benzene rings is 2. The second-order valence-electron chi connectivity index (χ2n) is 11.0. The third-order valence-electron chi connectivity index (χ3n) is 8.02. The minimum atomic E-state index is -0.842. The van der Waals surface area contributed by atoms with Gasteiger partial charge in [-0.1, -0.05) is 31.9 Å². The molecule has 0 amide bonds. The van der Waals surface area contributed by atoms with Crippen molar-refractivity contribution in [3.8, 4) is 23.0 Å². The highest BCUT2D eigenvalue weighted by Gasteiger charge is 2.44. The summed E-state index contributed by atoms with van der Waals surface area (Å²) in [4.78, 5) is 26.6. The predicted octanol–water partition coefficient (Wildman–Crippen LogP) is 7.30. The van der Waals surface area contributed by atoms with Gasteiger partial charge in [0.05, 0.1) is 34.2 Å². The molecular formula is C29H32BrClO7. The number of aliphatic hydroxyl groups is 1. The fourth-order valence-electron chi connectivity index (χ4n) is 6.10. The highest BCUT2D eigenvalue weighted by Crippen LogP contribution is 2.52. The lowest BCUT2D eigenvalue weighted by Crippen LogP contribution is -2.26. The fraction of sp³-hybridized carbons (Fsp3) is 0.517. The van der Waals surface area contributed by atoms with Gasteiger partial charge in [0, 0.05) is 5.56 Å². The Morgan fingerprint density at radius 3 is 2.63 bits per heavy atom. The SMILES string of the molecule is COc1c([C@@H](O)CC(C)C)ccc2c1C(=O)OCc1c(Cl)c(C)c(Br)c(OC(=O)C3CC4CCC3C4)c1O2. The van der Waals surface area contributed by atoms with Gasteiger partial charge in [0.15, 0.2) is 11.5 Å². The van der Waals surface area contributed by atoms with Gasteiger partial charge in [0.2, 0.25) is 0 Å². The van der Waals surface area contributed by atoms with Gasteiger partial charge in [0.25, 0.3) is 0 Å². The molecule has 38 heavy (non-hydrogen) atoms. The van der Waals surface area contributed by atoms with Gasteiger partial charge in [0.1, 0.15) is 23.7 Å². The number of methoxy groups -OCH3 is 1. The molecule has 3 unspecified atom stereocenters. The van der Waals surface area contributed by atoms with Crippen LogP contribution in [0.2, 0.25) is 5.02 Å². The molecular weight excluding hydrogens is 576 g/mol. The number of carbonyl (C=O) groups is 2. The van der Waals surface area contributed by atoms with Gasteiger partial charge in [-0.2, -0.15) is 0 Å². The second kappa shape index (κ2) is 10.7. The summed E-state index contributed by atoms with van der Waals surface area (Å²) in [6.07, 6.45) is 3.78. The van der Waals surface area contributed by atoms with Gasteiger partial charge in [-0.25, -0.2) is 4.79 Å². The number of fused-ring (bicyclic) bond motifs is 4. The van der Waals surface area contributed by atoms with Crippen LogP contribution < -0.4 is 14.2 Å². The molecule has 204 valence electrons. The van der Waals surface area contributed by atoms with E-state index in [0.29, 0.717) is 44.4 Å². The molecule has 2 aliphatic carbocycles. The Labute approximate surface area is 235 Å². The zero-order valence-corrected chi connectivity index (χ0v) is 24.3. The lowest BCUT2D eigenvalue weighted by atomic mass is 9.89. The minimum Gasteiger partial charge on any atom is -0.495 e. The van der Waals surface area contributed by atoms with Crippen LogP contribution in [0.5, 0.6) is 23.0 Å². The van der Waals surface area contributed by atoms with E-state index < -0.39 is 12.1 Å². The zero-order chi connectivity index (χ0) is 27.3. The summed E-state index contributed by atoms with van der Waals surface area (Å²) in [5.74, 6) is 0.814. The average molecular weight is 608 g/mol. The van der Waals surface area contributed by atoms with Crippen LogP contribution in [0.3, 0.4) is 0 Å². The summed E-state index contributed by atoms with van der Waals surface area (Å²) in [6.45, 7) is 5.60. The van der Waals surface area contributed by atoms with Crippen LogP contribution in [0.4, 0.5) is 0 Å². The van der Waals surface area contributed by atoms with Crippen LogP contribution >= 0.6 is 27.5 Å². The molecule has 3 aliphatic rings. The summed E-state index contributed by atoms with van der Waals surface area (Å²) in [5.41, 5.74) is 1.57. The maximum atomic E-state index is 13.3. The third-order valence-corrected chi connectivity index (χ3v) is 9.48. The standard InChI is InChI=1S/C29H32BrClO7/c1-13(2)9-20(32)17-7-8-21-22(25(17)35-4)29(34)36-12-19-24(31)14(3)23(30)27(26(19)37-21)38-28(33)18-11-15-5-6-16(18)10-15/h7-8,13,15-16,18,20,32H,5-6,9-12H2,1-4H3/t15?,16?,18?,20-/m0/s1. The van der Waals surface area contributed by atoms with Crippen LogP contribution in [0.1, 0.15) is 79.1 Å². The van der Waals surface area contributed by atoms with E-state index in [1.807, 2.05) is 13.8 Å². The van der Waals surface area contributed by atoms with E-state index in [1.165, 1.54) is 13.5 Å². The highest BCUT2D eigenvalue weighted by atomic mass is 79.9. The first-order valence-corrected chi connectivity index (χ1v) is 14.2. The number of ether oxygens (including phenoxy) is 4. The smallest absolute Gasteiger partial charge is 0.346 e. The number of esters is 2. The van der Waals surface area contributed by atoms with E-state index in [4.69, 9.17) is 30.5 Å². The predicted molar refractivity (Wildman–Crippen MR) is 145 cm³/mol. The number of hydrogen-bond acceptors (Lipinski definition) is 7. The Hall–Kier alpha value is -2.29. The first kappa shape index (κ1) is 27.3. The Morgan fingerprint density at radius 2 is 2.00 bits per heavy atom. The van der Waals surface area contributed by atoms with Gasteiger partial charge in [-0.05, 0) is 84.0 Å². The van der Waals surface area contributed by atoms with Crippen LogP contribution in [0, 0.1) is 30.6 Å². The molecule has 1 N–H and O–H groups in total. The molecule has 2 bridgehead atoms. The number of halogens is 2. The molecule has 0 aromatic heterocycles. The Bertz CT molecular complexity index is 1290. The van der Waals surface area contributed by atoms with Crippen molar-refractivity contribution in [2.45, 2.75) is 65.6 Å². The van der Waals surface area contributed by atoms with Gasteiger partial charge in [-0.15, -0.1) is 0 Å². The van der Waals surface area contributed by atoms with E-state index in [9.17, 15) is 14.7 Å². The van der Waals surface area contributed by atoms with Crippen molar-refractivity contribution in [3.05, 3.63) is 43.9 Å². The first-order chi connectivity index (χ1) is 18.1. The minimum absolute atomic E-state index is 0.0525.